The molecule has 1 aromatic rings. The molecule has 0 aliphatic carbocycles. The Kier molecular flexibility index (Phi) is 1.85. The van der Waals surface area contributed by atoms with Crippen LogP contribution in [0.4, 0.5) is 5.69 Å². The average molecular weight is 170 g/mol. The Morgan fingerprint density at radius 2 is 2.33 bits per heavy atom. The molecule has 6 nitrogen and oxygen atoms in total. The van der Waals surface area contributed by atoms with E-state index < -0.39 is 10.5 Å². The summed E-state index contributed by atoms with van der Waals surface area (Å²) < 4.78 is 0. The number of nitro groups is 1. The molecule has 0 amide bonds. The molecular formula is C6H10N4O2. The molecule has 0 saturated carbocycles. The maximum absolute atomic E-state index is 10.4. The first-order valence-electron chi connectivity index (χ1n) is 3.40. The highest BCUT2D eigenvalue weighted by molar-refractivity contribution is 5.36. The maximum Gasteiger partial charge on any atom is 0.311 e. The van der Waals surface area contributed by atoms with Gasteiger partial charge in [0.15, 0.2) is 0 Å². The van der Waals surface area contributed by atoms with Crippen molar-refractivity contribution in [3.8, 4) is 0 Å². The first kappa shape index (κ1) is 8.66. The van der Waals surface area contributed by atoms with Crippen molar-refractivity contribution in [1.82, 2.24) is 10.2 Å². The van der Waals surface area contributed by atoms with Gasteiger partial charge in [-0.15, -0.1) is 0 Å². The topological polar surface area (TPSA) is 97.8 Å². The smallest absolute Gasteiger partial charge is 0.311 e. The van der Waals surface area contributed by atoms with Crippen LogP contribution in [-0.4, -0.2) is 15.1 Å². The Morgan fingerprint density at radius 1 is 1.75 bits per heavy atom. The number of aromatic amines is 1. The lowest BCUT2D eigenvalue weighted by atomic mass is 10.0. The Hall–Kier alpha value is -1.43. The Morgan fingerprint density at radius 3 is 2.67 bits per heavy atom. The summed E-state index contributed by atoms with van der Waals surface area (Å²) in [5.74, 6) is 0. The van der Waals surface area contributed by atoms with E-state index in [1.165, 1.54) is 0 Å². The molecule has 3 N–H and O–H groups in total. The van der Waals surface area contributed by atoms with E-state index in [9.17, 15) is 10.1 Å². The van der Waals surface area contributed by atoms with Crippen LogP contribution in [0.15, 0.2) is 6.20 Å². The molecule has 0 unspecified atom stereocenters. The fourth-order valence-electron chi connectivity index (χ4n) is 0.892. The van der Waals surface area contributed by atoms with Gasteiger partial charge in [0.25, 0.3) is 0 Å². The van der Waals surface area contributed by atoms with Gasteiger partial charge in [-0.25, -0.2) is 0 Å². The molecule has 0 aliphatic heterocycles. The summed E-state index contributed by atoms with van der Waals surface area (Å²) in [5.41, 5.74) is 5.17. The van der Waals surface area contributed by atoms with E-state index in [0.717, 1.165) is 6.20 Å². The molecule has 12 heavy (non-hydrogen) atoms. The molecule has 0 aliphatic rings. The maximum atomic E-state index is 10.4. The minimum absolute atomic E-state index is 0.0671. The van der Waals surface area contributed by atoms with Gasteiger partial charge in [0, 0.05) is 0 Å². The highest BCUT2D eigenvalue weighted by Gasteiger charge is 2.27. The van der Waals surface area contributed by atoms with Gasteiger partial charge in [0.1, 0.15) is 11.9 Å². The fourth-order valence-corrected chi connectivity index (χ4v) is 0.892. The molecule has 0 atom stereocenters. The lowest BCUT2D eigenvalue weighted by molar-refractivity contribution is -0.386. The fraction of sp³-hybridized carbons (Fsp3) is 0.500. The molecule has 0 radical (unpaired) electrons. The van der Waals surface area contributed by atoms with Gasteiger partial charge in [0.05, 0.1) is 10.5 Å². The zero-order chi connectivity index (χ0) is 9.35. The highest BCUT2D eigenvalue weighted by Crippen LogP contribution is 2.24. The van der Waals surface area contributed by atoms with E-state index >= 15 is 0 Å². The van der Waals surface area contributed by atoms with Crippen molar-refractivity contribution in [2.45, 2.75) is 19.4 Å². The third kappa shape index (κ3) is 1.42. The molecule has 66 valence electrons. The van der Waals surface area contributed by atoms with E-state index in [2.05, 4.69) is 10.2 Å². The first-order valence-corrected chi connectivity index (χ1v) is 3.40. The van der Waals surface area contributed by atoms with E-state index in [-0.39, 0.29) is 5.69 Å². The van der Waals surface area contributed by atoms with Gasteiger partial charge in [-0.2, -0.15) is 5.10 Å². The number of hydrogen-bond acceptors (Lipinski definition) is 4. The summed E-state index contributed by atoms with van der Waals surface area (Å²) in [6, 6.07) is 0. The second kappa shape index (κ2) is 2.56. The van der Waals surface area contributed by atoms with Crippen molar-refractivity contribution in [2.75, 3.05) is 0 Å². The zero-order valence-electron chi connectivity index (χ0n) is 6.87. The van der Waals surface area contributed by atoms with E-state index in [1.807, 2.05) is 0 Å². The van der Waals surface area contributed by atoms with Crippen molar-refractivity contribution in [2.24, 2.45) is 5.73 Å². The van der Waals surface area contributed by atoms with Crippen molar-refractivity contribution < 1.29 is 4.92 Å². The highest BCUT2D eigenvalue weighted by atomic mass is 16.6. The van der Waals surface area contributed by atoms with E-state index in [4.69, 9.17) is 5.73 Å². The lowest BCUT2D eigenvalue weighted by Gasteiger charge is -2.14. The number of H-pyrrole nitrogens is 1. The first-order chi connectivity index (χ1) is 5.43. The summed E-state index contributed by atoms with van der Waals surface area (Å²) in [6.07, 6.45) is 1.16. The quantitative estimate of drug-likeness (QED) is 0.499. The molecule has 0 saturated heterocycles. The Labute approximate surface area is 68.9 Å². The standard InChI is InChI=1S/C6H10N4O2/c1-6(2,7)5-4(10(11)12)3-8-9-5/h3H,7H2,1-2H3,(H,8,9). The predicted molar refractivity (Wildman–Crippen MR) is 42.5 cm³/mol. The number of nitrogens with one attached hydrogen (secondary N) is 1. The second-order valence-corrected chi connectivity index (χ2v) is 3.11. The van der Waals surface area contributed by atoms with Gasteiger partial charge >= 0.3 is 5.69 Å². The van der Waals surface area contributed by atoms with Crippen LogP contribution in [0.2, 0.25) is 0 Å². The van der Waals surface area contributed by atoms with Crippen molar-refractivity contribution in [3.05, 3.63) is 22.0 Å². The third-order valence-corrected chi connectivity index (χ3v) is 1.46. The second-order valence-electron chi connectivity index (χ2n) is 3.11. The minimum atomic E-state index is -0.765. The summed E-state index contributed by atoms with van der Waals surface area (Å²) in [5, 5.41) is 16.5. The number of hydrogen-bond donors (Lipinski definition) is 2. The Balaban J connectivity index is 3.17. The van der Waals surface area contributed by atoms with Crippen molar-refractivity contribution in [1.29, 1.82) is 0 Å². The van der Waals surface area contributed by atoms with Crippen LogP contribution in [0.1, 0.15) is 19.5 Å². The molecule has 1 rings (SSSR count). The van der Waals surface area contributed by atoms with Gasteiger partial charge in [-0.3, -0.25) is 15.2 Å². The largest absolute Gasteiger partial charge is 0.320 e. The summed E-state index contributed by atoms with van der Waals surface area (Å²) in [4.78, 5) is 9.91. The normalized spacial score (nSPS) is 11.6. The molecule has 0 spiro atoms. The molecule has 6 heteroatoms. The molecule has 0 aromatic carbocycles. The summed E-state index contributed by atoms with van der Waals surface area (Å²) in [7, 11) is 0. The van der Waals surface area contributed by atoms with Crippen LogP contribution in [0.5, 0.6) is 0 Å². The number of aromatic nitrogens is 2. The molecule has 0 fully saturated rings. The Bertz CT molecular complexity index is 299. The number of nitrogens with two attached hydrogens (primary N) is 1. The third-order valence-electron chi connectivity index (χ3n) is 1.46. The number of rotatable bonds is 2. The van der Waals surface area contributed by atoms with Crippen LogP contribution < -0.4 is 5.73 Å². The average Bonchev–Trinajstić information content (AvgIpc) is 2.30. The van der Waals surface area contributed by atoms with Gasteiger partial charge in [-0.05, 0) is 13.8 Å². The molecule has 1 aromatic heterocycles. The SMILES string of the molecule is CC(C)(N)c1[nH]ncc1[N+](=O)[O-]. The van der Waals surface area contributed by atoms with Crippen LogP contribution in [0.3, 0.4) is 0 Å². The zero-order valence-corrected chi connectivity index (χ0v) is 6.87. The summed E-state index contributed by atoms with van der Waals surface area (Å²) in [6.45, 7) is 3.35. The van der Waals surface area contributed by atoms with E-state index in [0.29, 0.717) is 5.69 Å². The van der Waals surface area contributed by atoms with Crippen molar-refractivity contribution >= 4 is 5.69 Å². The molecule has 1 heterocycles. The van der Waals surface area contributed by atoms with Crippen molar-refractivity contribution in [3.63, 3.8) is 0 Å². The van der Waals surface area contributed by atoms with Crippen LogP contribution in [0.25, 0.3) is 0 Å². The predicted octanol–water partition coefficient (Wildman–Crippen LogP) is 0.512. The molecule has 0 bridgehead atoms. The lowest BCUT2D eigenvalue weighted by Crippen LogP contribution is -2.29. The van der Waals surface area contributed by atoms with Gasteiger partial charge < -0.3 is 5.73 Å². The number of nitrogens with zero attached hydrogens (tertiary/aromatic N) is 2. The van der Waals surface area contributed by atoms with Gasteiger partial charge in [-0.1, -0.05) is 0 Å². The van der Waals surface area contributed by atoms with E-state index in [1.54, 1.807) is 13.8 Å². The van der Waals surface area contributed by atoms with Gasteiger partial charge in [0.2, 0.25) is 0 Å². The van der Waals surface area contributed by atoms with Crippen LogP contribution in [0, 0.1) is 10.1 Å². The molecular weight excluding hydrogens is 160 g/mol. The van der Waals surface area contributed by atoms with Crippen LogP contribution in [-0.2, 0) is 5.54 Å². The monoisotopic (exact) mass is 170 g/mol. The minimum Gasteiger partial charge on any atom is -0.320 e. The van der Waals surface area contributed by atoms with Crippen LogP contribution >= 0.6 is 0 Å². The summed E-state index contributed by atoms with van der Waals surface area (Å²) >= 11 is 0.